The van der Waals surface area contributed by atoms with E-state index in [4.69, 9.17) is 13.9 Å². The van der Waals surface area contributed by atoms with E-state index in [0.717, 1.165) is 64.0 Å². The van der Waals surface area contributed by atoms with Crippen LogP contribution in [0.5, 0.6) is 0 Å². The molecule has 0 aliphatic carbocycles. The van der Waals surface area contributed by atoms with Crippen LogP contribution in [0.4, 0.5) is 0 Å². The molecule has 3 heterocycles. The fraction of sp³-hybridized carbons (Fsp3) is 0.560. The van der Waals surface area contributed by atoms with Crippen molar-refractivity contribution in [1.29, 1.82) is 0 Å². The molecule has 7 nitrogen and oxygen atoms in total. The van der Waals surface area contributed by atoms with Gasteiger partial charge in [0, 0.05) is 33.4 Å². The summed E-state index contributed by atoms with van der Waals surface area (Å²) in [7, 11) is 1.81. The third-order valence-corrected chi connectivity index (χ3v) is 6.28. The first-order chi connectivity index (χ1) is 15.8. The predicted molar refractivity (Wildman–Crippen MR) is 141 cm³/mol. The number of aliphatic imine (C=N–C) groups is 1. The number of hydrogen-bond donors (Lipinski definition) is 2. The lowest BCUT2D eigenvalue weighted by Gasteiger charge is -2.26. The van der Waals surface area contributed by atoms with Crippen LogP contribution in [0.1, 0.15) is 48.6 Å². The number of likely N-dealkylation sites (tertiary alicyclic amines) is 1. The van der Waals surface area contributed by atoms with Crippen molar-refractivity contribution in [3.05, 3.63) is 59.5 Å². The zero-order valence-corrected chi connectivity index (χ0v) is 21.8. The van der Waals surface area contributed by atoms with E-state index in [9.17, 15) is 0 Å². The predicted octanol–water partition coefficient (Wildman–Crippen LogP) is 4.10. The van der Waals surface area contributed by atoms with Gasteiger partial charge in [-0.05, 0) is 62.0 Å². The Balaban J connectivity index is 0.00000306. The highest BCUT2D eigenvalue weighted by molar-refractivity contribution is 14.0. The van der Waals surface area contributed by atoms with Gasteiger partial charge in [0.2, 0.25) is 0 Å². The molecule has 0 radical (unpaired) electrons. The van der Waals surface area contributed by atoms with Crippen LogP contribution >= 0.6 is 24.0 Å². The molecule has 1 aromatic carbocycles. The molecule has 1 unspecified atom stereocenters. The second kappa shape index (κ2) is 13.9. The van der Waals surface area contributed by atoms with Crippen molar-refractivity contribution in [2.45, 2.75) is 51.0 Å². The van der Waals surface area contributed by atoms with Gasteiger partial charge >= 0.3 is 0 Å². The topological polar surface area (TPSA) is 71.3 Å². The van der Waals surface area contributed by atoms with Gasteiger partial charge in [-0.3, -0.25) is 9.89 Å². The first-order valence-electron chi connectivity index (χ1n) is 11.8. The highest BCUT2D eigenvalue weighted by atomic mass is 127. The number of furan rings is 1. The molecule has 2 N–H and O–H groups in total. The normalized spacial score (nSPS) is 18.6. The van der Waals surface area contributed by atoms with E-state index in [1.165, 1.54) is 24.0 Å². The van der Waals surface area contributed by atoms with Crippen LogP contribution in [0.2, 0.25) is 0 Å². The van der Waals surface area contributed by atoms with Crippen LogP contribution in [0.3, 0.4) is 0 Å². The summed E-state index contributed by atoms with van der Waals surface area (Å²) in [5, 5.41) is 6.90. The van der Waals surface area contributed by atoms with Crippen molar-refractivity contribution in [3.63, 3.8) is 0 Å². The van der Waals surface area contributed by atoms with E-state index in [-0.39, 0.29) is 30.0 Å². The first kappa shape index (κ1) is 26.0. The van der Waals surface area contributed by atoms with Crippen LogP contribution in [-0.4, -0.2) is 56.9 Å². The van der Waals surface area contributed by atoms with E-state index >= 15 is 0 Å². The summed E-state index contributed by atoms with van der Waals surface area (Å²) in [5.74, 6) is 1.81. The number of nitrogens with zero attached hydrogens (tertiary/aromatic N) is 2. The number of hydrogen-bond acceptors (Lipinski definition) is 5. The molecule has 1 aromatic heterocycles. The number of rotatable bonds is 9. The van der Waals surface area contributed by atoms with Gasteiger partial charge in [0.05, 0.1) is 25.0 Å². The highest BCUT2D eigenvalue weighted by Crippen LogP contribution is 2.24. The van der Waals surface area contributed by atoms with E-state index in [1.807, 2.05) is 13.1 Å². The number of benzene rings is 1. The molecular weight excluding hydrogens is 531 g/mol. The maximum Gasteiger partial charge on any atom is 0.191 e. The number of halogens is 1. The summed E-state index contributed by atoms with van der Waals surface area (Å²) < 4.78 is 17.1. The summed E-state index contributed by atoms with van der Waals surface area (Å²) in [6.45, 7) is 5.99. The van der Waals surface area contributed by atoms with Gasteiger partial charge in [-0.2, -0.15) is 0 Å². The molecule has 2 saturated heterocycles. The van der Waals surface area contributed by atoms with Crippen molar-refractivity contribution in [2.24, 2.45) is 4.99 Å². The smallest absolute Gasteiger partial charge is 0.191 e. The van der Waals surface area contributed by atoms with Gasteiger partial charge in [0.25, 0.3) is 0 Å². The third kappa shape index (κ3) is 7.98. The van der Waals surface area contributed by atoms with Crippen molar-refractivity contribution < 1.29 is 13.9 Å². The van der Waals surface area contributed by atoms with E-state index < -0.39 is 0 Å². The van der Waals surface area contributed by atoms with E-state index in [1.54, 1.807) is 6.26 Å². The quantitative estimate of drug-likeness (QED) is 0.270. The lowest BCUT2D eigenvalue weighted by Crippen LogP contribution is -2.42. The standard InChI is InChI=1S/C25H36N4O3.HI/c1-26-25(28-18-23(24-5-4-14-31-24)29-12-2-3-13-29)27-17-20-6-8-21(9-7-20)19-32-22-10-15-30-16-11-22;/h4-9,14,22-23H,2-3,10-13,15-19H2,1H3,(H2,26,27,28);1H. The fourth-order valence-electron chi connectivity index (χ4n) is 4.35. The van der Waals surface area contributed by atoms with Crippen LogP contribution in [0, 0.1) is 0 Å². The zero-order valence-electron chi connectivity index (χ0n) is 19.5. The monoisotopic (exact) mass is 568 g/mol. The molecule has 2 aliphatic heterocycles. The molecule has 0 spiro atoms. The summed E-state index contributed by atoms with van der Waals surface area (Å²) in [6, 6.07) is 12.8. The number of nitrogens with one attached hydrogen (secondary N) is 2. The lowest BCUT2D eigenvalue weighted by molar-refractivity contribution is -0.0390. The molecule has 2 fully saturated rings. The molecule has 4 rings (SSSR count). The maximum absolute atomic E-state index is 6.02. The Bertz CT molecular complexity index is 817. The lowest BCUT2D eigenvalue weighted by atomic mass is 10.1. The molecule has 1 atom stereocenters. The molecule has 2 aliphatic rings. The zero-order chi connectivity index (χ0) is 22.0. The van der Waals surface area contributed by atoms with Gasteiger partial charge in [-0.25, -0.2) is 0 Å². The molecule has 0 saturated carbocycles. The van der Waals surface area contributed by atoms with Crippen LogP contribution < -0.4 is 10.6 Å². The first-order valence-corrected chi connectivity index (χ1v) is 11.8. The highest BCUT2D eigenvalue weighted by Gasteiger charge is 2.25. The van der Waals surface area contributed by atoms with Crippen molar-refractivity contribution in [1.82, 2.24) is 15.5 Å². The van der Waals surface area contributed by atoms with Crippen LogP contribution in [0.25, 0.3) is 0 Å². The average molecular weight is 569 g/mol. The summed E-state index contributed by atoms with van der Waals surface area (Å²) in [4.78, 5) is 6.88. The van der Waals surface area contributed by atoms with Crippen molar-refractivity contribution in [3.8, 4) is 0 Å². The third-order valence-electron chi connectivity index (χ3n) is 6.28. The SMILES string of the molecule is CN=C(NCc1ccc(COC2CCOCC2)cc1)NCC(c1ccco1)N1CCCC1.I. The van der Waals surface area contributed by atoms with Gasteiger partial charge < -0.3 is 24.5 Å². The fourth-order valence-corrected chi connectivity index (χ4v) is 4.35. The summed E-state index contributed by atoms with van der Waals surface area (Å²) >= 11 is 0. The molecule has 182 valence electrons. The molecule has 0 bridgehead atoms. The summed E-state index contributed by atoms with van der Waals surface area (Å²) in [6.07, 6.45) is 6.56. The second-order valence-corrected chi connectivity index (χ2v) is 8.52. The van der Waals surface area contributed by atoms with Crippen LogP contribution in [0.15, 0.2) is 52.1 Å². The second-order valence-electron chi connectivity index (χ2n) is 8.52. The Morgan fingerprint density at radius 2 is 1.82 bits per heavy atom. The molecule has 8 heteroatoms. The van der Waals surface area contributed by atoms with Gasteiger partial charge in [0.15, 0.2) is 5.96 Å². The Labute approximate surface area is 214 Å². The van der Waals surface area contributed by atoms with Crippen molar-refractivity contribution >= 4 is 29.9 Å². The molecule has 33 heavy (non-hydrogen) atoms. The largest absolute Gasteiger partial charge is 0.468 e. The Kier molecular flexibility index (Phi) is 11.0. The Morgan fingerprint density at radius 1 is 1.09 bits per heavy atom. The van der Waals surface area contributed by atoms with Gasteiger partial charge in [-0.15, -0.1) is 24.0 Å². The molecule has 0 amide bonds. The van der Waals surface area contributed by atoms with Gasteiger partial charge in [-0.1, -0.05) is 24.3 Å². The van der Waals surface area contributed by atoms with E-state index in [0.29, 0.717) is 12.7 Å². The minimum Gasteiger partial charge on any atom is -0.468 e. The van der Waals surface area contributed by atoms with Crippen LogP contribution in [-0.2, 0) is 22.6 Å². The average Bonchev–Trinajstić information content (AvgIpc) is 3.56. The van der Waals surface area contributed by atoms with E-state index in [2.05, 4.69) is 50.9 Å². The minimum absolute atomic E-state index is 0. The molecular formula is C25H37IN4O3. The molecule has 2 aromatic rings. The maximum atomic E-state index is 6.02. The number of guanidine groups is 1. The number of ether oxygens (including phenoxy) is 2. The Hall–Kier alpha value is -1.62. The van der Waals surface area contributed by atoms with Crippen molar-refractivity contribution in [2.75, 3.05) is 39.9 Å². The minimum atomic E-state index is 0. The summed E-state index contributed by atoms with van der Waals surface area (Å²) in [5.41, 5.74) is 2.42. The Morgan fingerprint density at radius 3 is 2.48 bits per heavy atom. The van der Waals surface area contributed by atoms with Gasteiger partial charge in [0.1, 0.15) is 5.76 Å².